The minimum Gasteiger partial charge on any atom is -0.388 e. The number of urea groups is 1. The van der Waals surface area contributed by atoms with Gasteiger partial charge < -0.3 is 20.5 Å². The molecule has 0 aliphatic carbocycles. The van der Waals surface area contributed by atoms with Crippen molar-refractivity contribution in [3.8, 4) is 0 Å². The molecule has 0 radical (unpaired) electrons. The van der Waals surface area contributed by atoms with Gasteiger partial charge in [0.15, 0.2) is 0 Å². The van der Waals surface area contributed by atoms with E-state index in [-0.39, 0.29) is 6.03 Å². The number of carbonyl (C=O) groups is 1. The lowest BCUT2D eigenvalue weighted by Gasteiger charge is -2.31. The Hall–Kier alpha value is -0.810. The van der Waals surface area contributed by atoms with Crippen LogP contribution in [0, 0.1) is 0 Å². The monoisotopic (exact) mass is 202 g/mol. The number of hydrogen-bond acceptors (Lipinski definition) is 3. The van der Waals surface area contributed by atoms with E-state index in [4.69, 9.17) is 4.74 Å². The van der Waals surface area contributed by atoms with Crippen LogP contribution in [0.4, 0.5) is 4.79 Å². The number of ether oxygens (including phenoxy) is 1. The normalized spacial score (nSPS) is 20.1. The summed E-state index contributed by atoms with van der Waals surface area (Å²) in [6.45, 7) is 3.86. The van der Waals surface area contributed by atoms with Gasteiger partial charge in [-0.05, 0) is 6.92 Å². The molecule has 1 saturated heterocycles. The molecule has 1 aliphatic heterocycles. The third-order valence-corrected chi connectivity index (χ3v) is 2.34. The standard InChI is InChI=1S/C9H18N2O3/c1-2-10-8(12)11-7-9(13)3-5-14-6-4-9/h13H,2-7H2,1H3,(H2,10,11,12). The van der Waals surface area contributed by atoms with E-state index in [1.165, 1.54) is 0 Å². The predicted molar refractivity (Wildman–Crippen MR) is 52.1 cm³/mol. The lowest BCUT2D eigenvalue weighted by atomic mass is 9.94. The van der Waals surface area contributed by atoms with E-state index in [0.29, 0.717) is 39.1 Å². The van der Waals surface area contributed by atoms with Crippen molar-refractivity contribution < 1.29 is 14.6 Å². The summed E-state index contributed by atoms with van der Waals surface area (Å²) in [6, 6.07) is -0.229. The second-order valence-electron chi connectivity index (χ2n) is 3.55. The molecule has 82 valence electrons. The molecule has 14 heavy (non-hydrogen) atoms. The van der Waals surface area contributed by atoms with Gasteiger partial charge in [-0.1, -0.05) is 0 Å². The van der Waals surface area contributed by atoms with Crippen LogP contribution < -0.4 is 10.6 Å². The second kappa shape index (κ2) is 5.17. The fourth-order valence-corrected chi connectivity index (χ4v) is 1.40. The molecule has 0 aromatic heterocycles. The Morgan fingerprint density at radius 3 is 2.64 bits per heavy atom. The van der Waals surface area contributed by atoms with Gasteiger partial charge in [0, 0.05) is 39.1 Å². The summed E-state index contributed by atoms with van der Waals surface area (Å²) in [5.74, 6) is 0. The molecule has 0 bridgehead atoms. The molecule has 1 rings (SSSR count). The van der Waals surface area contributed by atoms with Crippen molar-refractivity contribution in [1.82, 2.24) is 10.6 Å². The highest BCUT2D eigenvalue weighted by Gasteiger charge is 2.29. The maximum atomic E-state index is 11.1. The highest BCUT2D eigenvalue weighted by molar-refractivity contribution is 5.73. The highest BCUT2D eigenvalue weighted by atomic mass is 16.5. The van der Waals surface area contributed by atoms with Crippen LogP contribution >= 0.6 is 0 Å². The molecule has 0 aromatic carbocycles. The van der Waals surface area contributed by atoms with Gasteiger partial charge in [0.05, 0.1) is 5.60 Å². The molecule has 1 fully saturated rings. The van der Waals surface area contributed by atoms with Crippen molar-refractivity contribution >= 4 is 6.03 Å². The molecule has 1 heterocycles. The molecular formula is C9H18N2O3. The smallest absolute Gasteiger partial charge is 0.314 e. The maximum Gasteiger partial charge on any atom is 0.314 e. The van der Waals surface area contributed by atoms with Gasteiger partial charge in [-0.25, -0.2) is 4.79 Å². The Labute approximate surface area is 83.8 Å². The summed E-state index contributed by atoms with van der Waals surface area (Å²) >= 11 is 0. The van der Waals surface area contributed by atoms with Crippen LogP contribution in [0.5, 0.6) is 0 Å². The summed E-state index contributed by atoms with van der Waals surface area (Å²) in [4.78, 5) is 11.1. The fraction of sp³-hybridized carbons (Fsp3) is 0.889. The van der Waals surface area contributed by atoms with Crippen LogP contribution in [0.15, 0.2) is 0 Å². The third kappa shape index (κ3) is 3.51. The SMILES string of the molecule is CCNC(=O)NCC1(O)CCOCC1. The van der Waals surface area contributed by atoms with Crippen LogP contribution in [-0.2, 0) is 4.74 Å². The zero-order valence-corrected chi connectivity index (χ0v) is 8.51. The first-order chi connectivity index (χ1) is 6.66. The van der Waals surface area contributed by atoms with Crippen molar-refractivity contribution in [3.63, 3.8) is 0 Å². The number of nitrogens with one attached hydrogen (secondary N) is 2. The Kier molecular flexibility index (Phi) is 4.16. The van der Waals surface area contributed by atoms with E-state index >= 15 is 0 Å². The van der Waals surface area contributed by atoms with Gasteiger partial charge in [0.25, 0.3) is 0 Å². The molecule has 5 heteroatoms. The van der Waals surface area contributed by atoms with Gasteiger partial charge in [0.1, 0.15) is 0 Å². The Balaban J connectivity index is 2.24. The van der Waals surface area contributed by atoms with E-state index < -0.39 is 5.60 Å². The molecule has 0 aromatic rings. The van der Waals surface area contributed by atoms with Crippen molar-refractivity contribution in [2.75, 3.05) is 26.3 Å². The van der Waals surface area contributed by atoms with E-state index in [0.717, 1.165) is 0 Å². The number of carbonyl (C=O) groups excluding carboxylic acids is 1. The average molecular weight is 202 g/mol. The third-order valence-electron chi connectivity index (χ3n) is 2.34. The minimum absolute atomic E-state index is 0.229. The molecule has 0 saturated carbocycles. The largest absolute Gasteiger partial charge is 0.388 e. The predicted octanol–water partition coefficient (Wildman–Crippen LogP) is -0.153. The van der Waals surface area contributed by atoms with Crippen LogP contribution in [0.1, 0.15) is 19.8 Å². The van der Waals surface area contributed by atoms with E-state index in [9.17, 15) is 9.90 Å². The second-order valence-corrected chi connectivity index (χ2v) is 3.55. The number of rotatable bonds is 3. The molecule has 0 atom stereocenters. The van der Waals surface area contributed by atoms with Gasteiger partial charge in [-0.2, -0.15) is 0 Å². The molecular weight excluding hydrogens is 184 g/mol. The molecule has 2 amide bonds. The quantitative estimate of drug-likeness (QED) is 0.596. The molecule has 1 aliphatic rings. The summed E-state index contributed by atoms with van der Waals surface area (Å²) < 4.78 is 5.13. The lowest BCUT2D eigenvalue weighted by molar-refractivity contribution is -0.0600. The van der Waals surface area contributed by atoms with E-state index in [1.807, 2.05) is 6.92 Å². The topological polar surface area (TPSA) is 70.6 Å². The Morgan fingerprint density at radius 1 is 1.43 bits per heavy atom. The average Bonchev–Trinajstić information content (AvgIpc) is 2.17. The molecule has 0 spiro atoms. The highest BCUT2D eigenvalue weighted by Crippen LogP contribution is 2.18. The van der Waals surface area contributed by atoms with Crippen molar-refractivity contribution in [2.24, 2.45) is 0 Å². The zero-order chi connectivity index (χ0) is 10.4. The summed E-state index contributed by atoms with van der Waals surface area (Å²) in [7, 11) is 0. The maximum absolute atomic E-state index is 11.1. The van der Waals surface area contributed by atoms with Crippen LogP contribution in [-0.4, -0.2) is 43.0 Å². The molecule has 0 unspecified atom stereocenters. The first kappa shape index (κ1) is 11.3. The number of hydrogen-bond donors (Lipinski definition) is 3. The van der Waals surface area contributed by atoms with Crippen molar-refractivity contribution in [1.29, 1.82) is 0 Å². The zero-order valence-electron chi connectivity index (χ0n) is 8.51. The number of amides is 2. The molecule has 3 N–H and O–H groups in total. The van der Waals surface area contributed by atoms with Gasteiger partial charge in [-0.3, -0.25) is 0 Å². The fourth-order valence-electron chi connectivity index (χ4n) is 1.40. The molecule has 5 nitrogen and oxygen atoms in total. The summed E-state index contributed by atoms with van der Waals surface area (Å²) in [5, 5.41) is 15.2. The van der Waals surface area contributed by atoms with Crippen LogP contribution in [0.2, 0.25) is 0 Å². The van der Waals surface area contributed by atoms with E-state index in [2.05, 4.69) is 10.6 Å². The number of aliphatic hydroxyl groups is 1. The van der Waals surface area contributed by atoms with Crippen molar-refractivity contribution in [3.05, 3.63) is 0 Å². The van der Waals surface area contributed by atoms with Gasteiger partial charge in [-0.15, -0.1) is 0 Å². The van der Waals surface area contributed by atoms with Crippen LogP contribution in [0.3, 0.4) is 0 Å². The first-order valence-electron chi connectivity index (χ1n) is 4.98. The van der Waals surface area contributed by atoms with Crippen LogP contribution in [0.25, 0.3) is 0 Å². The Morgan fingerprint density at radius 2 is 2.07 bits per heavy atom. The summed E-state index contributed by atoms with van der Waals surface area (Å²) in [6.07, 6.45) is 1.17. The lowest BCUT2D eigenvalue weighted by Crippen LogP contribution is -2.49. The van der Waals surface area contributed by atoms with E-state index in [1.54, 1.807) is 0 Å². The van der Waals surface area contributed by atoms with Gasteiger partial charge in [0.2, 0.25) is 0 Å². The van der Waals surface area contributed by atoms with Crippen molar-refractivity contribution in [2.45, 2.75) is 25.4 Å². The minimum atomic E-state index is -0.788. The first-order valence-corrected chi connectivity index (χ1v) is 4.98. The Bertz CT molecular complexity index is 190. The summed E-state index contributed by atoms with van der Waals surface area (Å²) in [5.41, 5.74) is -0.788. The van der Waals surface area contributed by atoms with Gasteiger partial charge >= 0.3 is 6.03 Å².